The lowest BCUT2D eigenvalue weighted by molar-refractivity contribution is -0.150. The fourth-order valence-electron chi connectivity index (χ4n) is 1.33. The van der Waals surface area contributed by atoms with E-state index >= 15 is 0 Å². The van der Waals surface area contributed by atoms with Crippen molar-refractivity contribution in [1.82, 2.24) is 14.5 Å². The van der Waals surface area contributed by atoms with Crippen LogP contribution in [0.15, 0.2) is 17.3 Å². The maximum Gasteiger partial charge on any atom is 0.310 e. The number of carboxylic acids is 1. The maximum absolute atomic E-state index is 12.2. The molecule has 2 N–H and O–H groups in total. The van der Waals surface area contributed by atoms with Crippen LogP contribution in [0.2, 0.25) is 0 Å². The largest absolute Gasteiger partial charge is 0.481 e. The number of carbonyl (C=O) groups is 1. The first-order valence-corrected chi connectivity index (χ1v) is 7.14. The van der Waals surface area contributed by atoms with Crippen LogP contribution in [0.1, 0.15) is 27.7 Å². The standard InChI is InChI=1S/C11H19N3O4S/c1-10(2,9(15)16)11(3,4)13-19(17,18)8-6-12-14(5)7-8/h6-7,13H,1-5H3,(H,15,16). The van der Waals surface area contributed by atoms with Crippen LogP contribution in [-0.2, 0) is 21.9 Å². The van der Waals surface area contributed by atoms with Gasteiger partial charge in [-0.3, -0.25) is 9.48 Å². The van der Waals surface area contributed by atoms with Gasteiger partial charge in [-0.25, -0.2) is 13.1 Å². The van der Waals surface area contributed by atoms with Crippen molar-refractivity contribution >= 4 is 16.0 Å². The SMILES string of the molecule is Cn1cc(S(=O)(=O)NC(C)(C)C(C)(C)C(=O)O)cn1. The number of hydrogen-bond donors (Lipinski definition) is 2. The molecule has 0 aliphatic rings. The maximum atomic E-state index is 12.2. The minimum absolute atomic E-state index is 0.00395. The number of aliphatic carboxylic acids is 1. The molecule has 0 aromatic carbocycles. The first-order valence-electron chi connectivity index (χ1n) is 5.66. The molecule has 0 aliphatic heterocycles. The summed E-state index contributed by atoms with van der Waals surface area (Å²) in [6.07, 6.45) is 2.57. The van der Waals surface area contributed by atoms with Gasteiger partial charge in [-0.2, -0.15) is 5.10 Å². The fourth-order valence-corrected chi connectivity index (χ4v) is 2.85. The van der Waals surface area contributed by atoms with Crippen LogP contribution in [0.3, 0.4) is 0 Å². The normalized spacial score (nSPS) is 13.5. The van der Waals surface area contributed by atoms with Crippen LogP contribution in [-0.4, -0.2) is 34.8 Å². The number of nitrogens with one attached hydrogen (secondary N) is 1. The van der Waals surface area contributed by atoms with Crippen LogP contribution in [0, 0.1) is 5.41 Å². The Morgan fingerprint density at radius 1 is 1.37 bits per heavy atom. The van der Waals surface area contributed by atoms with E-state index < -0.39 is 26.9 Å². The molecule has 0 spiro atoms. The third-order valence-corrected chi connectivity index (χ3v) is 5.09. The number of rotatable bonds is 5. The average Bonchev–Trinajstić information content (AvgIpc) is 2.63. The summed E-state index contributed by atoms with van der Waals surface area (Å²) in [5.74, 6) is -1.08. The predicted molar refractivity (Wildman–Crippen MR) is 69.0 cm³/mol. The van der Waals surface area contributed by atoms with Gasteiger partial charge in [0.25, 0.3) is 0 Å². The van der Waals surface area contributed by atoms with E-state index in [-0.39, 0.29) is 4.90 Å². The van der Waals surface area contributed by atoms with Crippen LogP contribution >= 0.6 is 0 Å². The Hall–Kier alpha value is -1.41. The Kier molecular flexibility index (Phi) is 3.79. The first kappa shape index (κ1) is 15.6. The zero-order chi connectivity index (χ0) is 15.1. The predicted octanol–water partition coefficient (Wildman–Crippen LogP) is 0.588. The highest BCUT2D eigenvalue weighted by Crippen LogP contribution is 2.32. The summed E-state index contributed by atoms with van der Waals surface area (Å²) in [5, 5.41) is 13.0. The smallest absolute Gasteiger partial charge is 0.310 e. The highest BCUT2D eigenvalue weighted by Gasteiger charge is 2.46. The summed E-state index contributed by atoms with van der Waals surface area (Å²) < 4.78 is 28.1. The number of aryl methyl sites for hydroxylation is 1. The lowest BCUT2D eigenvalue weighted by atomic mass is 9.75. The van der Waals surface area contributed by atoms with E-state index in [1.165, 1.54) is 44.8 Å². The van der Waals surface area contributed by atoms with E-state index in [1.54, 1.807) is 7.05 Å². The molecule has 1 aromatic rings. The van der Waals surface area contributed by atoms with Crippen molar-refractivity contribution in [2.24, 2.45) is 12.5 Å². The molecule has 0 fully saturated rings. The Bertz CT molecular complexity index is 587. The second kappa shape index (κ2) is 4.61. The van der Waals surface area contributed by atoms with Gasteiger partial charge in [-0.1, -0.05) is 0 Å². The highest BCUT2D eigenvalue weighted by atomic mass is 32.2. The second-order valence-corrected chi connectivity index (χ2v) is 7.19. The molecule has 0 amide bonds. The zero-order valence-corrected chi connectivity index (χ0v) is 12.4. The van der Waals surface area contributed by atoms with E-state index in [1.807, 2.05) is 0 Å². The summed E-state index contributed by atoms with van der Waals surface area (Å²) in [4.78, 5) is 11.2. The molecule has 1 aromatic heterocycles. The Morgan fingerprint density at radius 3 is 2.26 bits per heavy atom. The van der Waals surface area contributed by atoms with Crippen LogP contribution in [0.4, 0.5) is 0 Å². The molecule has 7 nitrogen and oxygen atoms in total. The first-order chi connectivity index (χ1) is 8.40. The van der Waals surface area contributed by atoms with Gasteiger partial charge in [0.15, 0.2) is 0 Å². The molecule has 0 aliphatic carbocycles. The molecule has 1 heterocycles. The minimum Gasteiger partial charge on any atom is -0.481 e. The van der Waals surface area contributed by atoms with Crippen molar-refractivity contribution in [1.29, 1.82) is 0 Å². The molecule has 19 heavy (non-hydrogen) atoms. The van der Waals surface area contributed by atoms with E-state index in [0.717, 1.165) is 0 Å². The van der Waals surface area contributed by atoms with E-state index in [4.69, 9.17) is 0 Å². The topological polar surface area (TPSA) is 101 Å². The van der Waals surface area contributed by atoms with Gasteiger partial charge in [0.1, 0.15) is 4.90 Å². The third-order valence-electron chi connectivity index (χ3n) is 3.48. The average molecular weight is 289 g/mol. The molecule has 0 radical (unpaired) electrons. The molecule has 0 bridgehead atoms. The van der Waals surface area contributed by atoms with E-state index in [9.17, 15) is 18.3 Å². The number of carboxylic acid groups (broad SMARTS) is 1. The van der Waals surface area contributed by atoms with E-state index in [2.05, 4.69) is 9.82 Å². The summed E-state index contributed by atoms with van der Waals surface area (Å²) >= 11 is 0. The zero-order valence-electron chi connectivity index (χ0n) is 11.6. The third kappa shape index (κ3) is 2.95. The minimum atomic E-state index is -3.81. The molecular formula is C11H19N3O4S. The number of aromatic nitrogens is 2. The van der Waals surface area contributed by atoms with Gasteiger partial charge >= 0.3 is 5.97 Å². The van der Waals surface area contributed by atoms with Crippen molar-refractivity contribution in [3.8, 4) is 0 Å². The van der Waals surface area contributed by atoms with Gasteiger partial charge in [-0.05, 0) is 27.7 Å². The Balaban J connectivity index is 3.11. The quantitative estimate of drug-likeness (QED) is 0.826. The molecule has 0 saturated carbocycles. The fraction of sp³-hybridized carbons (Fsp3) is 0.636. The van der Waals surface area contributed by atoms with Crippen molar-refractivity contribution < 1.29 is 18.3 Å². The van der Waals surface area contributed by atoms with Gasteiger partial charge in [0.05, 0.1) is 11.6 Å². The van der Waals surface area contributed by atoms with Crippen molar-refractivity contribution in [3.05, 3.63) is 12.4 Å². The van der Waals surface area contributed by atoms with Crippen LogP contribution in [0.5, 0.6) is 0 Å². The molecule has 0 unspecified atom stereocenters. The van der Waals surface area contributed by atoms with E-state index in [0.29, 0.717) is 0 Å². The Labute approximate surface area is 112 Å². The molecule has 0 saturated heterocycles. The molecule has 108 valence electrons. The second-order valence-electron chi connectivity index (χ2n) is 5.51. The van der Waals surface area contributed by atoms with Gasteiger partial charge < -0.3 is 5.11 Å². The molecule has 0 atom stereocenters. The van der Waals surface area contributed by atoms with Gasteiger partial charge in [0, 0.05) is 18.8 Å². The lowest BCUT2D eigenvalue weighted by Crippen LogP contribution is -2.56. The Morgan fingerprint density at radius 2 is 1.89 bits per heavy atom. The summed E-state index contributed by atoms with van der Waals surface area (Å²) in [6.45, 7) is 6.02. The lowest BCUT2D eigenvalue weighted by Gasteiger charge is -2.38. The van der Waals surface area contributed by atoms with Gasteiger partial charge in [-0.15, -0.1) is 0 Å². The summed E-state index contributed by atoms with van der Waals surface area (Å²) in [5.41, 5.74) is -2.42. The summed E-state index contributed by atoms with van der Waals surface area (Å²) in [6, 6.07) is 0. The summed E-state index contributed by atoms with van der Waals surface area (Å²) in [7, 11) is -2.21. The van der Waals surface area contributed by atoms with Crippen LogP contribution in [0.25, 0.3) is 0 Å². The molecular weight excluding hydrogens is 270 g/mol. The highest BCUT2D eigenvalue weighted by molar-refractivity contribution is 7.89. The number of sulfonamides is 1. The molecule has 1 rings (SSSR count). The van der Waals surface area contributed by atoms with Crippen molar-refractivity contribution in [2.75, 3.05) is 0 Å². The van der Waals surface area contributed by atoms with Crippen molar-refractivity contribution in [3.63, 3.8) is 0 Å². The van der Waals surface area contributed by atoms with Gasteiger partial charge in [0.2, 0.25) is 10.0 Å². The van der Waals surface area contributed by atoms with Crippen LogP contribution < -0.4 is 4.72 Å². The van der Waals surface area contributed by atoms with Crippen molar-refractivity contribution in [2.45, 2.75) is 38.1 Å². The number of hydrogen-bond acceptors (Lipinski definition) is 4. The number of nitrogens with zero attached hydrogens (tertiary/aromatic N) is 2. The monoisotopic (exact) mass is 289 g/mol. The molecule has 8 heteroatoms.